The van der Waals surface area contributed by atoms with Crippen LogP contribution in [0.3, 0.4) is 0 Å². The summed E-state index contributed by atoms with van der Waals surface area (Å²) in [7, 11) is 0. The van der Waals surface area contributed by atoms with Crippen molar-refractivity contribution >= 4 is 17.7 Å². The Morgan fingerprint density at radius 3 is 2.55 bits per heavy atom. The number of benzene rings is 1. The van der Waals surface area contributed by atoms with Gasteiger partial charge in [0.15, 0.2) is 0 Å². The van der Waals surface area contributed by atoms with E-state index in [0.29, 0.717) is 0 Å². The maximum absolute atomic E-state index is 12.6. The van der Waals surface area contributed by atoms with Crippen molar-refractivity contribution in [3.63, 3.8) is 0 Å². The van der Waals surface area contributed by atoms with Gasteiger partial charge in [0.2, 0.25) is 0 Å². The summed E-state index contributed by atoms with van der Waals surface area (Å²) in [5.74, 6) is 0.185. The molecule has 1 amide bonds. The third-order valence-electron chi connectivity index (χ3n) is 3.82. The van der Waals surface area contributed by atoms with Crippen LogP contribution in [0.4, 0.5) is 0 Å². The predicted octanol–water partition coefficient (Wildman–Crippen LogP) is 2.97. The lowest BCUT2D eigenvalue weighted by molar-refractivity contribution is 0.0632. The molecule has 1 heterocycles. The van der Waals surface area contributed by atoms with Crippen molar-refractivity contribution in [2.75, 3.05) is 39.0 Å². The fraction of sp³-hybridized carbons (Fsp3) is 0.562. The summed E-state index contributed by atoms with van der Waals surface area (Å²) < 4.78 is 0. The van der Waals surface area contributed by atoms with Crippen molar-refractivity contribution in [1.29, 1.82) is 0 Å². The van der Waals surface area contributed by atoms with Crippen LogP contribution >= 0.6 is 11.8 Å². The van der Waals surface area contributed by atoms with Crippen molar-refractivity contribution < 1.29 is 4.79 Å². The van der Waals surface area contributed by atoms with Gasteiger partial charge in [-0.15, -0.1) is 11.8 Å². The number of nitrogens with zero attached hydrogens (tertiary/aromatic N) is 2. The Morgan fingerprint density at radius 1 is 1.20 bits per heavy atom. The largest absolute Gasteiger partial charge is 0.336 e. The number of carbonyl (C=O) groups is 1. The summed E-state index contributed by atoms with van der Waals surface area (Å²) in [6.45, 7) is 7.11. The zero-order valence-electron chi connectivity index (χ0n) is 12.5. The summed E-state index contributed by atoms with van der Waals surface area (Å²) in [5.41, 5.74) is 0.849. The van der Waals surface area contributed by atoms with E-state index in [1.54, 1.807) is 11.8 Å². The zero-order chi connectivity index (χ0) is 14.4. The Kier molecular flexibility index (Phi) is 5.92. The van der Waals surface area contributed by atoms with E-state index in [1.165, 1.54) is 19.4 Å². The number of rotatable bonds is 5. The second-order valence-corrected chi connectivity index (χ2v) is 6.04. The fourth-order valence-electron chi connectivity index (χ4n) is 2.55. The molecule has 0 N–H and O–H groups in total. The summed E-state index contributed by atoms with van der Waals surface area (Å²) >= 11 is 1.64. The molecule has 1 fully saturated rings. The Bertz CT molecular complexity index is 442. The van der Waals surface area contributed by atoms with Crippen LogP contribution < -0.4 is 0 Å². The second-order valence-electron chi connectivity index (χ2n) is 5.19. The van der Waals surface area contributed by atoms with Crippen LogP contribution in [0.25, 0.3) is 0 Å². The fourth-order valence-corrected chi connectivity index (χ4v) is 3.14. The van der Waals surface area contributed by atoms with Crippen molar-refractivity contribution in [3.05, 3.63) is 29.8 Å². The van der Waals surface area contributed by atoms with E-state index >= 15 is 0 Å². The number of piperazine rings is 1. The van der Waals surface area contributed by atoms with Gasteiger partial charge in [0.25, 0.3) is 5.91 Å². The molecule has 1 aliphatic rings. The molecule has 0 radical (unpaired) electrons. The predicted molar refractivity (Wildman–Crippen MR) is 85.5 cm³/mol. The molecule has 2 rings (SSSR count). The van der Waals surface area contributed by atoms with E-state index in [2.05, 4.69) is 11.8 Å². The Hall–Kier alpha value is -1.00. The van der Waals surface area contributed by atoms with Crippen molar-refractivity contribution in [3.8, 4) is 0 Å². The number of amides is 1. The summed E-state index contributed by atoms with van der Waals surface area (Å²) in [6.07, 6.45) is 4.51. The highest BCUT2D eigenvalue weighted by Gasteiger charge is 2.23. The third-order valence-corrected chi connectivity index (χ3v) is 4.62. The maximum Gasteiger partial charge on any atom is 0.255 e. The molecule has 1 saturated heterocycles. The smallest absolute Gasteiger partial charge is 0.255 e. The topological polar surface area (TPSA) is 23.6 Å². The van der Waals surface area contributed by atoms with Crippen LogP contribution in [0.5, 0.6) is 0 Å². The molecule has 0 aromatic heterocycles. The van der Waals surface area contributed by atoms with Crippen LogP contribution in [0.15, 0.2) is 29.2 Å². The average molecular weight is 292 g/mol. The first-order valence-electron chi connectivity index (χ1n) is 7.41. The standard InChI is InChI=1S/C16H24N2OS/c1-3-4-9-17-10-12-18(13-11-17)16(19)14-7-5-6-8-15(14)20-2/h5-8H,3-4,9-13H2,1-2H3. The average Bonchev–Trinajstić information content (AvgIpc) is 2.52. The monoisotopic (exact) mass is 292 g/mol. The summed E-state index contributed by atoms with van der Waals surface area (Å²) in [5, 5.41) is 0. The Labute approximate surface area is 126 Å². The van der Waals surface area contributed by atoms with Gasteiger partial charge in [-0.2, -0.15) is 0 Å². The minimum absolute atomic E-state index is 0.185. The van der Waals surface area contributed by atoms with Gasteiger partial charge in [-0.05, 0) is 31.4 Å². The summed E-state index contributed by atoms with van der Waals surface area (Å²) in [6, 6.07) is 7.91. The number of unbranched alkanes of at least 4 members (excludes halogenated alkanes) is 1. The molecule has 0 saturated carbocycles. The Morgan fingerprint density at radius 2 is 1.90 bits per heavy atom. The van der Waals surface area contributed by atoms with Crippen LogP contribution in [0.1, 0.15) is 30.1 Å². The molecule has 3 nitrogen and oxygen atoms in total. The highest BCUT2D eigenvalue weighted by Crippen LogP contribution is 2.21. The molecule has 1 aliphatic heterocycles. The Balaban J connectivity index is 1.94. The first-order valence-corrected chi connectivity index (χ1v) is 8.63. The first-order chi connectivity index (χ1) is 9.76. The van der Waals surface area contributed by atoms with Crippen LogP contribution in [0.2, 0.25) is 0 Å². The molecule has 1 aromatic carbocycles. The van der Waals surface area contributed by atoms with Crippen LogP contribution in [-0.2, 0) is 0 Å². The normalized spacial score (nSPS) is 16.4. The van der Waals surface area contributed by atoms with E-state index in [4.69, 9.17) is 0 Å². The molecule has 0 spiro atoms. The molecule has 110 valence electrons. The van der Waals surface area contributed by atoms with Gasteiger partial charge >= 0.3 is 0 Å². The molecule has 20 heavy (non-hydrogen) atoms. The highest BCUT2D eigenvalue weighted by molar-refractivity contribution is 7.98. The molecule has 0 aliphatic carbocycles. The lowest BCUT2D eigenvalue weighted by Gasteiger charge is -2.35. The molecular weight excluding hydrogens is 268 g/mol. The SMILES string of the molecule is CCCCN1CCN(C(=O)c2ccccc2SC)CC1. The van der Waals surface area contributed by atoms with Gasteiger partial charge in [0.1, 0.15) is 0 Å². The third kappa shape index (κ3) is 3.76. The van der Waals surface area contributed by atoms with E-state index in [0.717, 1.165) is 36.6 Å². The maximum atomic E-state index is 12.6. The number of hydrogen-bond donors (Lipinski definition) is 0. The van der Waals surface area contributed by atoms with Crippen molar-refractivity contribution in [1.82, 2.24) is 9.80 Å². The molecule has 0 unspecified atom stereocenters. The molecule has 0 atom stereocenters. The van der Waals surface area contributed by atoms with Crippen molar-refractivity contribution in [2.45, 2.75) is 24.7 Å². The molecular formula is C16H24N2OS. The van der Waals surface area contributed by atoms with E-state index in [1.807, 2.05) is 35.4 Å². The second kappa shape index (κ2) is 7.70. The van der Waals surface area contributed by atoms with Crippen molar-refractivity contribution in [2.24, 2.45) is 0 Å². The quantitative estimate of drug-likeness (QED) is 0.780. The van der Waals surface area contributed by atoms with Gasteiger partial charge in [-0.3, -0.25) is 9.69 Å². The van der Waals surface area contributed by atoms with Gasteiger partial charge in [0.05, 0.1) is 5.56 Å². The van der Waals surface area contributed by atoms with E-state index in [-0.39, 0.29) is 5.91 Å². The molecule has 0 bridgehead atoms. The van der Waals surface area contributed by atoms with Gasteiger partial charge in [0, 0.05) is 31.1 Å². The van der Waals surface area contributed by atoms with Crippen LogP contribution in [-0.4, -0.2) is 54.7 Å². The summed E-state index contributed by atoms with van der Waals surface area (Å²) in [4.78, 5) is 18.1. The van der Waals surface area contributed by atoms with Gasteiger partial charge < -0.3 is 4.90 Å². The highest BCUT2D eigenvalue weighted by atomic mass is 32.2. The number of hydrogen-bond acceptors (Lipinski definition) is 3. The lowest BCUT2D eigenvalue weighted by atomic mass is 10.1. The number of thioether (sulfide) groups is 1. The van der Waals surface area contributed by atoms with Crippen LogP contribution in [0, 0.1) is 0 Å². The van der Waals surface area contributed by atoms with E-state index < -0.39 is 0 Å². The minimum Gasteiger partial charge on any atom is -0.336 e. The zero-order valence-corrected chi connectivity index (χ0v) is 13.3. The van der Waals surface area contributed by atoms with Gasteiger partial charge in [-0.25, -0.2) is 0 Å². The molecule has 4 heteroatoms. The molecule has 1 aromatic rings. The van der Waals surface area contributed by atoms with Gasteiger partial charge in [-0.1, -0.05) is 25.5 Å². The van der Waals surface area contributed by atoms with E-state index in [9.17, 15) is 4.79 Å². The lowest BCUT2D eigenvalue weighted by Crippen LogP contribution is -2.48. The number of carbonyl (C=O) groups excluding carboxylic acids is 1. The first kappa shape index (κ1) is 15.4. The minimum atomic E-state index is 0.185.